The molecule has 0 saturated carbocycles. The fraction of sp³-hybridized carbons (Fsp3) is 0.941. The first-order valence-electron chi connectivity index (χ1n) is 9.01. The number of nitrogens with zero attached hydrogens (tertiary/aromatic N) is 1. The predicted octanol–water partition coefficient (Wildman–Crippen LogP) is 4.71. The Morgan fingerprint density at radius 2 is 1.50 bits per heavy atom. The monoisotopic (exact) mass is 331 g/mol. The molecule has 0 aromatic carbocycles. The Morgan fingerprint density at radius 3 is 1.91 bits per heavy atom. The third-order valence-electron chi connectivity index (χ3n) is 3.76. The van der Waals surface area contributed by atoms with Crippen LogP contribution in [0.15, 0.2) is 4.99 Å². The lowest BCUT2D eigenvalue weighted by Crippen LogP contribution is -2.46. The van der Waals surface area contributed by atoms with Gasteiger partial charge in [-0.25, -0.2) is 0 Å². The average molecular weight is 332 g/mol. The summed E-state index contributed by atoms with van der Waals surface area (Å²) in [6.45, 7) is 15.5. The van der Waals surface area contributed by atoms with E-state index in [1.54, 1.807) is 0 Å². The Kier molecular flexibility index (Phi) is 13.1. The standard InChI is InChI=1S/C17H37NO3Si/c1-7-16(6)15-17(8-2)18-13-12-14-22(19-9-3,20-10-4)21-11-5/h16H,7-15H2,1-6H3. The summed E-state index contributed by atoms with van der Waals surface area (Å²) in [4.78, 5) is 4.79. The van der Waals surface area contributed by atoms with Gasteiger partial charge in [-0.3, -0.25) is 4.99 Å². The summed E-state index contributed by atoms with van der Waals surface area (Å²) in [7, 11) is -2.49. The number of hydrogen-bond donors (Lipinski definition) is 0. The van der Waals surface area contributed by atoms with Gasteiger partial charge in [0.25, 0.3) is 0 Å². The Bertz CT molecular complexity index is 281. The van der Waals surface area contributed by atoms with Crippen molar-refractivity contribution >= 4 is 14.5 Å². The second-order valence-corrected chi connectivity index (χ2v) is 8.34. The van der Waals surface area contributed by atoms with E-state index in [0.717, 1.165) is 37.8 Å². The van der Waals surface area contributed by atoms with Crippen LogP contribution in [0, 0.1) is 5.92 Å². The number of aliphatic imine (C=N–C) groups is 1. The largest absolute Gasteiger partial charge is 0.500 e. The van der Waals surface area contributed by atoms with Gasteiger partial charge in [-0.1, -0.05) is 27.2 Å². The van der Waals surface area contributed by atoms with Gasteiger partial charge in [-0.15, -0.1) is 0 Å². The van der Waals surface area contributed by atoms with Crippen LogP contribution in [0.3, 0.4) is 0 Å². The SMILES string of the molecule is CCO[Si](CCCN=C(CC)CC(C)CC)(OCC)OCC. The van der Waals surface area contributed by atoms with Crippen LogP contribution in [0.1, 0.15) is 67.2 Å². The maximum absolute atomic E-state index is 5.87. The summed E-state index contributed by atoms with van der Waals surface area (Å²) >= 11 is 0. The molecule has 0 aromatic rings. The van der Waals surface area contributed by atoms with Crippen LogP contribution in [0.25, 0.3) is 0 Å². The zero-order valence-corrected chi connectivity index (χ0v) is 16.6. The summed E-state index contributed by atoms with van der Waals surface area (Å²) < 4.78 is 17.6. The molecule has 0 heterocycles. The van der Waals surface area contributed by atoms with Gasteiger partial charge in [0.15, 0.2) is 0 Å². The zero-order valence-electron chi connectivity index (χ0n) is 15.6. The summed E-state index contributed by atoms with van der Waals surface area (Å²) in [5.41, 5.74) is 1.34. The number of hydrogen-bond acceptors (Lipinski definition) is 4. The maximum atomic E-state index is 5.87. The van der Waals surface area contributed by atoms with Crippen LogP contribution in [0.2, 0.25) is 6.04 Å². The van der Waals surface area contributed by atoms with Crippen molar-refractivity contribution in [1.82, 2.24) is 0 Å². The lowest BCUT2D eigenvalue weighted by atomic mass is 10.0. The normalized spacial score (nSPS) is 14.4. The van der Waals surface area contributed by atoms with Crippen molar-refractivity contribution < 1.29 is 13.3 Å². The van der Waals surface area contributed by atoms with E-state index in [0.29, 0.717) is 19.8 Å². The van der Waals surface area contributed by atoms with Gasteiger partial charge in [-0.05, 0) is 46.0 Å². The van der Waals surface area contributed by atoms with E-state index < -0.39 is 8.80 Å². The molecule has 0 radical (unpaired) electrons. The molecule has 0 N–H and O–H groups in total. The highest BCUT2D eigenvalue weighted by atomic mass is 28.4. The molecule has 0 fully saturated rings. The van der Waals surface area contributed by atoms with Crippen molar-refractivity contribution in [2.75, 3.05) is 26.4 Å². The quantitative estimate of drug-likeness (QED) is 0.263. The van der Waals surface area contributed by atoms with Crippen molar-refractivity contribution in [1.29, 1.82) is 0 Å². The summed E-state index contributed by atoms with van der Waals surface area (Å²) in [5.74, 6) is 0.724. The molecular weight excluding hydrogens is 294 g/mol. The predicted molar refractivity (Wildman–Crippen MR) is 96.7 cm³/mol. The van der Waals surface area contributed by atoms with E-state index in [1.165, 1.54) is 12.1 Å². The molecule has 0 aliphatic carbocycles. The molecule has 132 valence electrons. The van der Waals surface area contributed by atoms with E-state index in [-0.39, 0.29) is 0 Å². The minimum absolute atomic E-state index is 0.643. The fourth-order valence-corrected chi connectivity index (χ4v) is 4.99. The average Bonchev–Trinajstić information content (AvgIpc) is 2.50. The van der Waals surface area contributed by atoms with Gasteiger partial charge in [0.2, 0.25) is 0 Å². The molecule has 1 unspecified atom stereocenters. The van der Waals surface area contributed by atoms with E-state index in [4.69, 9.17) is 18.3 Å². The lowest BCUT2D eigenvalue weighted by molar-refractivity contribution is 0.0710. The topological polar surface area (TPSA) is 40.0 Å². The molecule has 0 aliphatic rings. The molecule has 0 rings (SSSR count). The first kappa shape index (κ1) is 21.8. The zero-order chi connectivity index (χ0) is 16.8. The Hall–Kier alpha value is -0.233. The van der Waals surface area contributed by atoms with Crippen LogP contribution in [0.5, 0.6) is 0 Å². The van der Waals surface area contributed by atoms with E-state index in [2.05, 4.69) is 20.8 Å². The first-order valence-corrected chi connectivity index (χ1v) is 10.9. The minimum atomic E-state index is -2.49. The van der Waals surface area contributed by atoms with E-state index in [9.17, 15) is 0 Å². The fourth-order valence-electron chi connectivity index (χ4n) is 2.40. The molecule has 4 nitrogen and oxygen atoms in total. The van der Waals surface area contributed by atoms with Gasteiger partial charge in [0.1, 0.15) is 0 Å². The summed E-state index contributed by atoms with van der Waals surface area (Å²) in [6, 6.07) is 0.854. The molecule has 1 atom stereocenters. The molecule has 22 heavy (non-hydrogen) atoms. The second-order valence-electron chi connectivity index (χ2n) is 5.60. The van der Waals surface area contributed by atoms with Gasteiger partial charge in [-0.2, -0.15) is 0 Å². The Labute approximate surface area is 139 Å². The molecule has 0 aliphatic heterocycles. The van der Waals surface area contributed by atoms with Crippen molar-refractivity contribution in [3.63, 3.8) is 0 Å². The molecule has 0 bridgehead atoms. The van der Waals surface area contributed by atoms with Crippen molar-refractivity contribution in [3.8, 4) is 0 Å². The maximum Gasteiger partial charge on any atom is 0.500 e. The molecule has 0 saturated heterocycles. The molecule has 0 spiro atoms. The second kappa shape index (κ2) is 13.2. The van der Waals surface area contributed by atoms with Crippen LogP contribution in [-0.4, -0.2) is 40.9 Å². The van der Waals surface area contributed by atoms with E-state index in [1.807, 2.05) is 20.8 Å². The van der Waals surface area contributed by atoms with Gasteiger partial charge in [0.05, 0.1) is 0 Å². The van der Waals surface area contributed by atoms with Crippen LogP contribution < -0.4 is 0 Å². The smallest absolute Gasteiger partial charge is 0.374 e. The summed E-state index contributed by atoms with van der Waals surface area (Å²) in [5, 5.41) is 0. The lowest BCUT2D eigenvalue weighted by Gasteiger charge is -2.28. The highest BCUT2D eigenvalue weighted by molar-refractivity contribution is 6.60. The number of rotatable bonds is 14. The molecule has 0 amide bonds. The minimum Gasteiger partial charge on any atom is -0.374 e. The van der Waals surface area contributed by atoms with Crippen LogP contribution in [0.4, 0.5) is 0 Å². The van der Waals surface area contributed by atoms with Crippen molar-refractivity contribution in [2.45, 2.75) is 73.3 Å². The third-order valence-corrected chi connectivity index (χ3v) is 6.91. The van der Waals surface area contributed by atoms with Crippen LogP contribution in [-0.2, 0) is 13.3 Å². The van der Waals surface area contributed by atoms with Crippen LogP contribution >= 0.6 is 0 Å². The van der Waals surface area contributed by atoms with E-state index >= 15 is 0 Å². The molecule has 0 aromatic heterocycles. The molecule has 5 heteroatoms. The van der Waals surface area contributed by atoms with Crippen molar-refractivity contribution in [3.05, 3.63) is 0 Å². The highest BCUT2D eigenvalue weighted by Gasteiger charge is 2.39. The van der Waals surface area contributed by atoms with Gasteiger partial charge in [0, 0.05) is 38.1 Å². The molecular formula is C17H37NO3Si. The third kappa shape index (κ3) is 9.03. The van der Waals surface area contributed by atoms with Crippen molar-refractivity contribution in [2.24, 2.45) is 10.9 Å². The summed E-state index contributed by atoms with van der Waals surface area (Å²) in [6.07, 6.45) is 4.36. The first-order chi connectivity index (χ1) is 10.6. The Balaban J connectivity index is 4.45. The Morgan fingerprint density at radius 1 is 0.955 bits per heavy atom. The highest BCUT2D eigenvalue weighted by Crippen LogP contribution is 2.18. The van der Waals surface area contributed by atoms with Gasteiger partial charge >= 0.3 is 8.80 Å². The van der Waals surface area contributed by atoms with Gasteiger partial charge < -0.3 is 13.3 Å².